The van der Waals surface area contributed by atoms with Gasteiger partial charge in [-0.05, 0) is 12.1 Å². The maximum absolute atomic E-state index is 12.9. The van der Waals surface area contributed by atoms with E-state index in [0.29, 0.717) is 5.52 Å². The molecule has 0 aliphatic rings. The number of fused-ring (bicyclic) bond motifs is 1. The molecule has 1 aromatic heterocycles. The lowest BCUT2D eigenvalue weighted by atomic mass is 10.1. The predicted molar refractivity (Wildman–Crippen MR) is 51.3 cm³/mol. The Morgan fingerprint density at radius 1 is 1.07 bits per heavy atom. The molecule has 3 heteroatoms. The van der Waals surface area contributed by atoms with Crippen molar-refractivity contribution >= 4 is 10.9 Å². The van der Waals surface area contributed by atoms with E-state index in [1.807, 2.05) is 12.1 Å². The highest BCUT2D eigenvalue weighted by molar-refractivity contribution is 5.78. The lowest BCUT2D eigenvalue weighted by Gasteiger charge is -2.09. The Bertz CT molecular complexity index is 460. The molecule has 1 nitrogen and oxygen atoms in total. The van der Waals surface area contributed by atoms with Gasteiger partial charge in [0.05, 0.1) is 5.52 Å². The van der Waals surface area contributed by atoms with Crippen LogP contribution < -0.4 is 0 Å². The Balaban J connectivity index is 2.63. The van der Waals surface area contributed by atoms with Gasteiger partial charge in [0.2, 0.25) is 0 Å². The number of nitrogens with zero attached hydrogens (tertiary/aromatic N) is 1. The standard InChI is InChI=1S/C11H9F2N/c1-11(12,13)10-7-6-8-4-2-3-5-9(8)14-10/h2-7H,1H3. The lowest BCUT2D eigenvalue weighted by Crippen LogP contribution is -2.09. The van der Waals surface area contributed by atoms with Crippen LogP contribution in [-0.2, 0) is 5.92 Å². The number of halogens is 2. The molecule has 14 heavy (non-hydrogen) atoms. The van der Waals surface area contributed by atoms with Gasteiger partial charge < -0.3 is 0 Å². The summed E-state index contributed by atoms with van der Waals surface area (Å²) >= 11 is 0. The third-order valence-corrected chi connectivity index (χ3v) is 2.05. The van der Waals surface area contributed by atoms with Crippen LogP contribution in [0.1, 0.15) is 12.6 Å². The average molecular weight is 193 g/mol. The fourth-order valence-corrected chi connectivity index (χ4v) is 1.31. The molecule has 0 N–H and O–H groups in total. The molecule has 0 spiro atoms. The minimum Gasteiger partial charge on any atom is -0.247 e. The van der Waals surface area contributed by atoms with E-state index in [-0.39, 0.29) is 5.69 Å². The normalized spacial score (nSPS) is 11.9. The first-order chi connectivity index (χ1) is 6.57. The molecule has 0 bridgehead atoms. The van der Waals surface area contributed by atoms with Crippen LogP contribution in [0.2, 0.25) is 0 Å². The van der Waals surface area contributed by atoms with E-state index in [1.54, 1.807) is 18.2 Å². The van der Waals surface area contributed by atoms with Gasteiger partial charge in [-0.2, -0.15) is 8.78 Å². The molecule has 0 fully saturated rings. The zero-order chi connectivity index (χ0) is 10.2. The molecule has 0 atom stereocenters. The smallest absolute Gasteiger partial charge is 0.247 e. The molecule has 0 aliphatic heterocycles. The fourth-order valence-electron chi connectivity index (χ4n) is 1.31. The lowest BCUT2D eigenvalue weighted by molar-refractivity contribution is 0.0131. The first-order valence-corrected chi connectivity index (χ1v) is 4.31. The van der Waals surface area contributed by atoms with Crippen molar-refractivity contribution in [3.8, 4) is 0 Å². The molecule has 2 aromatic rings. The molecular formula is C11H9F2N. The first kappa shape index (κ1) is 9.06. The van der Waals surface area contributed by atoms with Crippen molar-refractivity contribution in [3.63, 3.8) is 0 Å². The summed E-state index contributed by atoms with van der Waals surface area (Å²) in [6.45, 7) is 0.851. The zero-order valence-corrected chi connectivity index (χ0v) is 7.67. The summed E-state index contributed by atoms with van der Waals surface area (Å²) in [5.41, 5.74) is 0.419. The van der Waals surface area contributed by atoms with Gasteiger partial charge in [-0.1, -0.05) is 24.3 Å². The summed E-state index contributed by atoms with van der Waals surface area (Å²) in [6.07, 6.45) is 0. The second-order valence-electron chi connectivity index (χ2n) is 3.28. The van der Waals surface area contributed by atoms with Crippen molar-refractivity contribution in [1.82, 2.24) is 4.98 Å². The molecule has 0 amide bonds. The molecule has 0 saturated heterocycles. The maximum atomic E-state index is 12.9. The second-order valence-corrected chi connectivity index (χ2v) is 3.28. The summed E-state index contributed by atoms with van der Waals surface area (Å²) in [7, 11) is 0. The number of rotatable bonds is 1. The highest BCUT2D eigenvalue weighted by Gasteiger charge is 2.25. The van der Waals surface area contributed by atoms with E-state index < -0.39 is 5.92 Å². The molecule has 0 radical (unpaired) electrons. The van der Waals surface area contributed by atoms with E-state index in [4.69, 9.17) is 0 Å². The van der Waals surface area contributed by atoms with Gasteiger partial charge in [-0.25, -0.2) is 4.98 Å². The van der Waals surface area contributed by atoms with Gasteiger partial charge in [0.15, 0.2) is 0 Å². The molecule has 2 rings (SSSR count). The third-order valence-electron chi connectivity index (χ3n) is 2.05. The molecule has 1 aromatic carbocycles. The number of aromatic nitrogens is 1. The predicted octanol–water partition coefficient (Wildman–Crippen LogP) is 3.35. The van der Waals surface area contributed by atoms with E-state index in [1.165, 1.54) is 6.07 Å². The summed E-state index contributed by atoms with van der Waals surface area (Å²) in [6, 6.07) is 10.2. The van der Waals surface area contributed by atoms with Crippen molar-refractivity contribution in [1.29, 1.82) is 0 Å². The van der Waals surface area contributed by atoms with Gasteiger partial charge in [-0.15, -0.1) is 0 Å². The summed E-state index contributed by atoms with van der Waals surface area (Å²) in [4.78, 5) is 3.90. The average Bonchev–Trinajstić information content (AvgIpc) is 2.16. The molecule has 0 aliphatic carbocycles. The number of hydrogen-bond donors (Lipinski definition) is 0. The minimum atomic E-state index is -2.87. The molecule has 1 heterocycles. The van der Waals surface area contributed by atoms with Gasteiger partial charge in [0.1, 0.15) is 5.69 Å². The Kier molecular flexibility index (Phi) is 1.95. The number of alkyl halides is 2. The summed E-state index contributed by atoms with van der Waals surface area (Å²) < 4.78 is 25.8. The van der Waals surface area contributed by atoms with E-state index in [9.17, 15) is 8.78 Å². The Morgan fingerprint density at radius 3 is 2.50 bits per heavy atom. The quantitative estimate of drug-likeness (QED) is 0.676. The first-order valence-electron chi connectivity index (χ1n) is 4.31. The van der Waals surface area contributed by atoms with E-state index in [0.717, 1.165) is 12.3 Å². The number of hydrogen-bond acceptors (Lipinski definition) is 1. The van der Waals surface area contributed by atoms with Crippen LogP contribution in [0.5, 0.6) is 0 Å². The highest BCUT2D eigenvalue weighted by atomic mass is 19.3. The van der Waals surface area contributed by atoms with Crippen molar-refractivity contribution in [2.75, 3.05) is 0 Å². The zero-order valence-electron chi connectivity index (χ0n) is 7.67. The Labute approximate surface area is 80.4 Å². The van der Waals surface area contributed by atoms with Gasteiger partial charge in [0.25, 0.3) is 5.92 Å². The van der Waals surface area contributed by atoms with Crippen molar-refractivity contribution < 1.29 is 8.78 Å². The van der Waals surface area contributed by atoms with E-state index >= 15 is 0 Å². The highest BCUT2D eigenvalue weighted by Crippen LogP contribution is 2.26. The number of pyridine rings is 1. The van der Waals surface area contributed by atoms with Crippen molar-refractivity contribution in [3.05, 3.63) is 42.1 Å². The van der Waals surface area contributed by atoms with Crippen LogP contribution in [-0.4, -0.2) is 4.98 Å². The molecule has 72 valence electrons. The molecular weight excluding hydrogens is 184 g/mol. The Morgan fingerprint density at radius 2 is 1.79 bits per heavy atom. The largest absolute Gasteiger partial charge is 0.286 e. The van der Waals surface area contributed by atoms with Crippen LogP contribution in [0.3, 0.4) is 0 Å². The van der Waals surface area contributed by atoms with Gasteiger partial charge in [-0.3, -0.25) is 0 Å². The second kappa shape index (κ2) is 3.01. The van der Waals surface area contributed by atoms with Crippen LogP contribution in [0.4, 0.5) is 8.78 Å². The summed E-state index contributed by atoms with van der Waals surface area (Å²) in [5.74, 6) is -2.87. The van der Waals surface area contributed by atoms with Gasteiger partial charge >= 0.3 is 0 Å². The maximum Gasteiger partial charge on any atom is 0.286 e. The topological polar surface area (TPSA) is 12.9 Å². The minimum absolute atomic E-state index is 0.184. The molecule has 0 saturated carbocycles. The van der Waals surface area contributed by atoms with Gasteiger partial charge in [0, 0.05) is 12.3 Å². The van der Waals surface area contributed by atoms with Crippen molar-refractivity contribution in [2.24, 2.45) is 0 Å². The monoisotopic (exact) mass is 193 g/mol. The Hall–Kier alpha value is -1.51. The SMILES string of the molecule is CC(F)(F)c1ccc2ccccc2n1. The molecule has 0 unspecified atom stereocenters. The summed E-state index contributed by atoms with van der Waals surface area (Å²) in [5, 5.41) is 0.875. The number of benzene rings is 1. The van der Waals surface area contributed by atoms with E-state index in [2.05, 4.69) is 4.98 Å². The number of para-hydroxylation sites is 1. The van der Waals surface area contributed by atoms with Crippen molar-refractivity contribution in [2.45, 2.75) is 12.8 Å². The van der Waals surface area contributed by atoms with Crippen LogP contribution in [0, 0.1) is 0 Å². The fraction of sp³-hybridized carbons (Fsp3) is 0.182. The van der Waals surface area contributed by atoms with Crippen LogP contribution in [0.25, 0.3) is 10.9 Å². The van der Waals surface area contributed by atoms with Crippen LogP contribution >= 0.6 is 0 Å². The van der Waals surface area contributed by atoms with Crippen LogP contribution in [0.15, 0.2) is 36.4 Å². The third kappa shape index (κ3) is 1.58.